The molecule has 0 aromatic heterocycles. The van der Waals surface area contributed by atoms with Gasteiger partial charge >= 0.3 is 12.1 Å². The smallest absolute Gasteiger partial charge is 0.417 e. The van der Waals surface area contributed by atoms with Gasteiger partial charge < -0.3 is 20.1 Å². The Balaban J connectivity index is 2.09. The van der Waals surface area contributed by atoms with Gasteiger partial charge in [-0.3, -0.25) is 9.59 Å². The van der Waals surface area contributed by atoms with E-state index in [1.54, 1.807) is 45.0 Å². The number of carbonyl (C=O) groups excluding carboxylic acids is 3. The lowest BCUT2D eigenvalue weighted by molar-refractivity contribution is -0.156. The summed E-state index contributed by atoms with van der Waals surface area (Å²) in [4.78, 5) is 38.0. The van der Waals surface area contributed by atoms with Crippen LogP contribution in [0.5, 0.6) is 5.75 Å². The van der Waals surface area contributed by atoms with Gasteiger partial charge in [-0.2, -0.15) is 13.2 Å². The molecule has 0 aliphatic heterocycles. The van der Waals surface area contributed by atoms with Gasteiger partial charge in [0.25, 0.3) is 11.8 Å². The van der Waals surface area contributed by atoms with Gasteiger partial charge in [-0.05, 0) is 50.1 Å². The number of carbonyl (C=O) groups is 3. The Kier molecular flexibility index (Phi) is 9.53. The van der Waals surface area contributed by atoms with E-state index in [0.717, 1.165) is 6.07 Å². The van der Waals surface area contributed by atoms with E-state index in [0.29, 0.717) is 18.4 Å². The average molecular weight is 515 g/mol. The molecule has 2 amide bonds. The van der Waals surface area contributed by atoms with Crippen molar-refractivity contribution >= 4 is 35.1 Å². The molecule has 0 saturated heterocycles. The van der Waals surface area contributed by atoms with Crippen LogP contribution in [0.15, 0.2) is 42.5 Å². The van der Waals surface area contributed by atoms with Gasteiger partial charge in [-0.1, -0.05) is 37.6 Å². The third-order valence-corrected chi connectivity index (χ3v) is 5.17. The lowest BCUT2D eigenvalue weighted by Crippen LogP contribution is -2.47. The molecule has 0 radical (unpaired) electrons. The quantitative estimate of drug-likeness (QED) is 0.455. The third-order valence-electron chi connectivity index (χ3n) is 4.84. The highest BCUT2D eigenvalue weighted by Gasteiger charge is 2.34. The van der Waals surface area contributed by atoms with Crippen LogP contribution in [-0.4, -0.2) is 36.5 Å². The van der Waals surface area contributed by atoms with Crippen LogP contribution in [0.25, 0.3) is 0 Å². The van der Waals surface area contributed by atoms with Gasteiger partial charge in [-0.15, -0.1) is 0 Å². The number of nitrogens with one attached hydrogen (secondary N) is 2. The molecule has 2 atom stereocenters. The van der Waals surface area contributed by atoms with Gasteiger partial charge in [0.05, 0.1) is 22.8 Å². The number of benzene rings is 2. The standard InChI is InChI=1S/C24H26ClF3N2O5/c1-5-34-19-9-7-6-8-16(19)22(32)30-20(13(2)3)23(33)35-14(4)21(31)29-15-10-11-18(25)17(12-15)24(26,27)28/h6-14,20H,5H2,1-4H3,(H,29,31)(H,30,32)/t14-,20+/m1/s1. The number of anilines is 1. The molecule has 2 rings (SSSR count). The summed E-state index contributed by atoms with van der Waals surface area (Å²) in [5, 5.41) is 4.34. The summed E-state index contributed by atoms with van der Waals surface area (Å²) in [6.45, 7) is 6.72. The fourth-order valence-electron chi connectivity index (χ4n) is 3.02. The molecule has 0 heterocycles. The largest absolute Gasteiger partial charge is 0.493 e. The van der Waals surface area contributed by atoms with Crippen molar-refractivity contribution in [2.75, 3.05) is 11.9 Å². The SMILES string of the molecule is CCOc1ccccc1C(=O)N[C@H](C(=O)O[C@H](C)C(=O)Nc1ccc(Cl)c(C(F)(F)F)c1)C(C)C. The van der Waals surface area contributed by atoms with E-state index in [-0.39, 0.29) is 11.3 Å². The number of alkyl halides is 3. The first kappa shape index (κ1) is 28.0. The Morgan fingerprint density at radius 2 is 1.71 bits per heavy atom. The van der Waals surface area contributed by atoms with Crippen molar-refractivity contribution in [2.45, 2.75) is 46.0 Å². The minimum atomic E-state index is -4.71. The van der Waals surface area contributed by atoms with Crippen molar-refractivity contribution in [1.29, 1.82) is 0 Å². The molecule has 0 bridgehead atoms. The maximum Gasteiger partial charge on any atom is 0.417 e. The Labute approximate surface area is 205 Å². The topological polar surface area (TPSA) is 93.7 Å². The summed E-state index contributed by atoms with van der Waals surface area (Å²) < 4.78 is 49.8. The Morgan fingerprint density at radius 3 is 2.31 bits per heavy atom. The first-order valence-electron chi connectivity index (χ1n) is 10.8. The first-order valence-corrected chi connectivity index (χ1v) is 11.1. The monoisotopic (exact) mass is 514 g/mol. The fourth-order valence-corrected chi connectivity index (χ4v) is 3.24. The Bertz CT molecular complexity index is 1080. The zero-order valence-corrected chi connectivity index (χ0v) is 20.3. The number of amides is 2. The van der Waals surface area contributed by atoms with Crippen molar-refractivity contribution in [2.24, 2.45) is 5.92 Å². The van der Waals surface area contributed by atoms with Gasteiger partial charge in [0.2, 0.25) is 0 Å². The summed E-state index contributed by atoms with van der Waals surface area (Å²) in [7, 11) is 0. The molecule has 0 fully saturated rings. The molecule has 0 aliphatic rings. The third kappa shape index (κ3) is 7.61. The molecule has 190 valence electrons. The second-order valence-corrected chi connectivity index (χ2v) is 8.29. The van der Waals surface area contributed by atoms with Crippen molar-refractivity contribution in [3.63, 3.8) is 0 Å². The fraction of sp³-hybridized carbons (Fsp3) is 0.375. The molecule has 0 aliphatic carbocycles. The van der Waals surface area contributed by atoms with Crippen molar-refractivity contribution < 1.29 is 37.0 Å². The summed E-state index contributed by atoms with van der Waals surface area (Å²) in [6.07, 6.45) is -6.07. The molecule has 35 heavy (non-hydrogen) atoms. The van der Waals surface area contributed by atoms with Gasteiger partial charge in [0.1, 0.15) is 11.8 Å². The number of para-hydroxylation sites is 1. The molecule has 0 unspecified atom stereocenters. The number of hydrogen-bond acceptors (Lipinski definition) is 5. The van der Waals surface area contributed by atoms with Crippen LogP contribution in [0.2, 0.25) is 5.02 Å². The van der Waals surface area contributed by atoms with E-state index in [9.17, 15) is 27.6 Å². The number of ether oxygens (including phenoxy) is 2. The highest BCUT2D eigenvalue weighted by molar-refractivity contribution is 6.31. The van der Waals surface area contributed by atoms with Crippen LogP contribution in [0, 0.1) is 5.92 Å². The normalized spacial score (nSPS) is 13.1. The summed E-state index contributed by atoms with van der Waals surface area (Å²) in [5.74, 6) is -2.35. The minimum Gasteiger partial charge on any atom is -0.493 e. The van der Waals surface area contributed by atoms with E-state index in [1.807, 2.05) is 0 Å². The maximum absolute atomic E-state index is 13.0. The van der Waals surface area contributed by atoms with Gasteiger partial charge in [-0.25, -0.2) is 4.79 Å². The summed E-state index contributed by atoms with van der Waals surface area (Å²) in [6, 6.07) is 8.29. The van der Waals surface area contributed by atoms with E-state index >= 15 is 0 Å². The first-order chi connectivity index (χ1) is 16.3. The lowest BCUT2D eigenvalue weighted by atomic mass is 10.0. The number of esters is 1. The predicted molar refractivity (Wildman–Crippen MR) is 124 cm³/mol. The molecule has 2 aromatic rings. The van der Waals surface area contributed by atoms with Crippen LogP contribution in [-0.2, 0) is 20.5 Å². The van der Waals surface area contributed by atoms with Crippen LogP contribution in [0.3, 0.4) is 0 Å². The van der Waals surface area contributed by atoms with Crippen molar-refractivity contribution in [3.8, 4) is 5.75 Å². The average Bonchev–Trinajstić information content (AvgIpc) is 2.78. The van der Waals surface area contributed by atoms with E-state index in [1.165, 1.54) is 13.0 Å². The van der Waals surface area contributed by atoms with Crippen LogP contribution in [0.1, 0.15) is 43.6 Å². The summed E-state index contributed by atoms with van der Waals surface area (Å²) in [5.41, 5.74) is -1.06. The summed E-state index contributed by atoms with van der Waals surface area (Å²) >= 11 is 5.58. The molecular weight excluding hydrogens is 489 g/mol. The Morgan fingerprint density at radius 1 is 1.06 bits per heavy atom. The lowest BCUT2D eigenvalue weighted by Gasteiger charge is -2.23. The molecule has 11 heteroatoms. The number of rotatable bonds is 9. The minimum absolute atomic E-state index is 0.170. The van der Waals surface area contributed by atoms with E-state index in [2.05, 4.69) is 10.6 Å². The zero-order valence-electron chi connectivity index (χ0n) is 19.5. The van der Waals surface area contributed by atoms with Crippen LogP contribution >= 0.6 is 11.6 Å². The highest BCUT2D eigenvalue weighted by Crippen LogP contribution is 2.36. The molecule has 2 aromatic carbocycles. The molecular formula is C24H26ClF3N2O5. The predicted octanol–water partition coefficient (Wildman–Crippen LogP) is 5.08. The van der Waals surface area contributed by atoms with Crippen LogP contribution in [0.4, 0.5) is 18.9 Å². The van der Waals surface area contributed by atoms with Crippen LogP contribution < -0.4 is 15.4 Å². The molecule has 7 nitrogen and oxygen atoms in total. The maximum atomic E-state index is 13.0. The van der Waals surface area contributed by atoms with Gasteiger partial charge in [0, 0.05) is 5.69 Å². The Hall–Kier alpha value is -3.27. The van der Waals surface area contributed by atoms with Gasteiger partial charge in [0.15, 0.2) is 6.10 Å². The van der Waals surface area contributed by atoms with Crippen molar-refractivity contribution in [1.82, 2.24) is 5.32 Å². The molecule has 0 saturated carbocycles. The second-order valence-electron chi connectivity index (χ2n) is 7.89. The van der Waals surface area contributed by atoms with E-state index in [4.69, 9.17) is 21.1 Å². The second kappa shape index (κ2) is 11.9. The van der Waals surface area contributed by atoms with Crippen molar-refractivity contribution in [3.05, 3.63) is 58.6 Å². The molecule has 0 spiro atoms. The van der Waals surface area contributed by atoms with E-state index < -0.39 is 52.6 Å². The highest BCUT2D eigenvalue weighted by atomic mass is 35.5. The number of hydrogen-bond donors (Lipinski definition) is 2. The molecule has 2 N–H and O–H groups in total. The zero-order chi connectivity index (χ0) is 26.3. The number of halogens is 4.